The standard InChI is InChI=1S/C27H31N7O3/c1-32-16-19(14-29-32)23-13-22-24(15-28-23)34(25-9-2-3-11-37-25)31-26(22)18-6-4-8-21(12-18)33-10-5-7-20(17-33)30-27(35)36/h4,6,8,12-16,20,25,30H,2-3,5,7,9-11,17H2,1H3,(H,35,36)/t20-,25?/m1/s1. The van der Waals surface area contributed by atoms with Gasteiger partial charge in [-0.25, -0.2) is 9.48 Å². The van der Waals surface area contributed by atoms with Gasteiger partial charge in [-0.3, -0.25) is 9.67 Å². The van der Waals surface area contributed by atoms with Crippen LogP contribution in [0.3, 0.4) is 0 Å². The van der Waals surface area contributed by atoms with E-state index < -0.39 is 6.09 Å². The highest BCUT2D eigenvalue weighted by atomic mass is 16.5. The Bertz CT molecular complexity index is 1420. The molecule has 1 aromatic carbocycles. The molecule has 2 N–H and O–H groups in total. The van der Waals surface area contributed by atoms with E-state index in [1.807, 2.05) is 36.4 Å². The van der Waals surface area contributed by atoms with Crippen LogP contribution in [0.25, 0.3) is 33.4 Å². The fourth-order valence-electron chi connectivity index (χ4n) is 5.45. The van der Waals surface area contributed by atoms with E-state index in [2.05, 4.69) is 39.6 Å². The fourth-order valence-corrected chi connectivity index (χ4v) is 5.45. The molecule has 2 atom stereocenters. The number of hydrogen-bond donors (Lipinski definition) is 2. The maximum Gasteiger partial charge on any atom is 0.404 e. The number of pyridine rings is 1. The van der Waals surface area contributed by atoms with Gasteiger partial charge >= 0.3 is 6.09 Å². The molecule has 3 aromatic heterocycles. The molecule has 2 aliphatic rings. The quantitative estimate of drug-likeness (QED) is 0.416. The first-order valence-corrected chi connectivity index (χ1v) is 12.9. The van der Waals surface area contributed by atoms with Gasteiger partial charge in [0.15, 0.2) is 6.23 Å². The number of anilines is 1. The van der Waals surface area contributed by atoms with E-state index in [4.69, 9.17) is 14.8 Å². The monoisotopic (exact) mass is 501 g/mol. The number of amides is 1. The smallest absolute Gasteiger partial charge is 0.404 e. The summed E-state index contributed by atoms with van der Waals surface area (Å²) in [5.74, 6) is 0. The maximum absolute atomic E-state index is 11.2. The number of piperidine rings is 1. The van der Waals surface area contributed by atoms with Gasteiger partial charge in [0.05, 0.1) is 23.6 Å². The molecule has 2 aliphatic heterocycles. The predicted molar refractivity (Wildman–Crippen MR) is 140 cm³/mol. The van der Waals surface area contributed by atoms with E-state index in [0.29, 0.717) is 6.54 Å². The predicted octanol–water partition coefficient (Wildman–Crippen LogP) is 4.43. The molecule has 5 heterocycles. The van der Waals surface area contributed by atoms with E-state index in [-0.39, 0.29) is 12.3 Å². The third-order valence-electron chi connectivity index (χ3n) is 7.26. The molecule has 2 fully saturated rings. The third-order valence-corrected chi connectivity index (χ3v) is 7.26. The van der Waals surface area contributed by atoms with Crippen molar-refractivity contribution in [2.75, 3.05) is 24.6 Å². The lowest BCUT2D eigenvalue weighted by molar-refractivity contribution is -0.0365. The molecular formula is C27H31N7O3. The second-order valence-electron chi connectivity index (χ2n) is 9.89. The summed E-state index contributed by atoms with van der Waals surface area (Å²) >= 11 is 0. The van der Waals surface area contributed by atoms with Crippen LogP contribution in [0.4, 0.5) is 10.5 Å². The number of nitrogens with zero attached hydrogens (tertiary/aromatic N) is 6. The normalized spacial score (nSPS) is 20.3. The number of fused-ring (bicyclic) bond motifs is 1. The molecule has 0 spiro atoms. The van der Waals surface area contributed by atoms with E-state index in [9.17, 15) is 9.90 Å². The molecule has 0 aliphatic carbocycles. The number of carboxylic acid groups (broad SMARTS) is 1. The Labute approximate surface area is 214 Å². The summed E-state index contributed by atoms with van der Waals surface area (Å²) in [5, 5.41) is 22.2. The zero-order valence-corrected chi connectivity index (χ0v) is 20.9. The van der Waals surface area contributed by atoms with Crippen LogP contribution in [0.2, 0.25) is 0 Å². The SMILES string of the molecule is Cn1cc(-c2cc3c(-c4cccc(N5CCC[C@@H](NC(=O)O)C5)c4)nn(C4CCCCO4)c3cn2)cn1. The van der Waals surface area contributed by atoms with Crippen molar-refractivity contribution in [2.45, 2.75) is 44.4 Å². The van der Waals surface area contributed by atoms with Crippen LogP contribution in [0.1, 0.15) is 38.3 Å². The van der Waals surface area contributed by atoms with Crippen LogP contribution < -0.4 is 10.2 Å². The Balaban J connectivity index is 1.41. The molecule has 10 nitrogen and oxygen atoms in total. The van der Waals surface area contributed by atoms with Gasteiger partial charge < -0.3 is 20.1 Å². The molecule has 1 amide bonds. The molecule has 0 radical (unpaired) electrons. The number of hydrogen-bond acceptors (Lipinski definition) is 6. The van der Waals surface area contributed by atoms with Gasteiger partial charge in [0.2, 0.25) is 0 Å². The minimum atomic E-state index is -0.972. The van der Waals surface area contributed by atoms with Crippen LogP contribution >= 0.6 is 0 Å². The molecule has 0 saturated carbocycles. The maximum atomic E-state index is 11.2. The fraction of sp³-hybridized carbons (Fsp3) is 0.407. The Morgan fingerprint density at radius 2 is 2.05 bits per heavy atom. The average Bonchev–Trinajstić information content (AvgIpc) is 3.52. The first-order chi connectivity index (χ1) is 18.0. The summed E-state index contributed by atoms with van der Waals surface area (Å²) in [7, 11) is 1.90. The van der Waals surface area contributed by atoms with Gasteiger partial charge in [0, 0.05) is 61.2 Å². The summed E-state index contributed by atoms with van der Waals surface area (Å²) in [6, 6.07) is 10.4. The summed E-state index contributed by atoms with van der Waals surface area (Å²) in [6.07, 6.45) is 9.48. The van der Waals surface area contributed by atoms with Gasteiger partial charge in [-0.05, 0) is 50.3 Å². The Morgan fingerprint density at radius 3 is 2.84 bits per heavy atom. The highest BCUT2D eigenvalue weighted by Crippen LogP contribution is 2.36. The molecule has 1 unspecified atom stereocenters. The van der Waals surface area contributed by atoms with Crippen molar-refractivity contribution in [3.8, 4) is 22.5 Å². The topological polar surface area (TPSA) is 110 Å². The highest BCUT2D eigenvalue weighted by Gasteiger charge is 2.25. The first-order valence-electron chi connectivity index (χ1n) is 12.9. The Kier molecular flexibility index (Phi) is 6.25. The lowest BCUT2D eigenvalue weighted by atomic mass is 10.0. The number of benzene rings is 1. The van der Waals surface area contributed by atoms with Crippen molar-refractivity contribution in [2.24, 2.45) is 7.05 Å². The van der Waals surface area contributed by atoms with Crippen molar-refractivity contribution >= 4 is 22.7 Å². The largest absolute Gasteiger partial charge is 0.465 e. The van der Waals surface area contributed by atoms with E-state index in [1.165, 1.54) is 0 Å². The third kappa shape index (κ3) is 4.76. The van der Waals surface area contributed by atoms with Crippen LogP contribution in [0.15, 0.2) is 48.9 Å². The Morgan fingerprint density at radius 1 is 1.14 bits per heavy atom. The molecule has 37 heavy (non-hydrogen) atoms. The highest BCUT2D eigenvalue weighted by molar-refractivity contribution is 5.95. The van der Waals surface area contributed by atoms with Crippen LogP contribution in [-0.4, -0.2) is 61.5 Å². The number of carbonyl (C=O) groups is 1. The number of aromatic nitrogens is 5. The molecule has 6 rings (SSSR count). The van der Waals surface area contributed by atoms with Crippen LogP contribution in [-0.2, 0) is 11.8 Å². The second kappa shape index (κ2) is 9.85. The van der Waals surface area contributed by atoms with Gasteiger partial charge in [0.25, 0.3) is 0 Å². The van der Waals surface area contributed by atoms with Crippen molar-refractivity contribution < 1.29 is 14.6 Å². The number of rotatable bonds is 5. The van der Waals surface area contributed by atoms with Gasteiger partial charge in [0.1, 0.15) is 5.69 Å². The van der Waals surface area contributed by atoms with Crippen LogP contribution in [0.5, 0.6) is 0 Å². The van der Waals surface area contributed by atoms with Gasteiger partial charge in [-0.15, -0.1) is 0 Å². The summed E-state index contributed by atoms with van der Waals surface area (Å²) < 4.78 is 9.86. The summed E-state index contributed by atoms with van der Waals surface area (Å²) in [4.78, 5) is 18.2. The average molecular weight is 502 g/mol. The number of aryl methyl sites for hydroxylation is 1. The van der Waals surface area contributed by atoms with E-state index >= 15 is 0 Å². The van der Waals surface area contributed by atoms with Crippen molar-refractivity contribution in [1.82, 2.24) is 29.9 Å². The first kappa shape index (κ1) is 23.5. The molecule has 10 heteroatoms. The lowest BCUT2D eigenvalue weighted by Gasteiger charge is -2.34. The minimum absolute atomic E-state index is 0.0773. The number of ether oxygens (including phenoxy) is 1. The second-order valence-corrected chi connectivity index (χ2v) is 9.89. The van der Waals surface area contributed by atoms with Crippen LogP contribution in [0, 0.1) is 0 Å². The zero-order valence-electron chi connectivity index (χ0n) is 20.9. The van der Waals surface area contributed by atoms with E-state index in [1.54, 1.807) is 4.68 Å². The Hall–Kier alpha value is -3.92. The molecule has 192 valence electrons. The van der Waals surface area contributed by atoms with Gasteiger partial charge in [-0.1, -0.05) is 12.1 Å². The van der Waals surface area contributed by atoms with Crippen molar-refractivity contribution in [3.05, 3.63) is 48.9 Å². The number of nitrogens with one attached hydrogen (secondary N) is 1. The lowest BCUT2D eigenvalue weighted by Crippen LogP contribution is -2.47. The van der Waals surface area contributed by atoms with Crippen molar-refractivity contribution in [3.63, 3.8) is 0 Å². The van der Waals surface area contributed by atoms with Gasteiger partial charge in [-0.2, -0.15) is 10.2 Å². The molecular weight excluding hydrogens is 470 g/mol. The van der Waals surface area contributed by atoms with Crippen molar-refractivity contribution in [1.29, 1.82) is 0 Å². The molecule has 2 saturated heterocycles. The molecule has 0 bridgehead atoms. The summed E-state index contributed by atoms with van der Waals surface area (Å²) in [5.41, 5.74) is 5.71. The molecule has 4 aromatic rings. The zero-order chi connectivity index (χ0) is 25.4. The summed E-state index contributed by atoms with van der Waals surface area (Å²) in [6.45, 7) is 2.27. The minimum Gasteiger partial charge on any atom is -0.465 e. The van der Waals surface area contributed by atoms with E-state index in [0.717, 1.165) is 84.4 Å².